The van der Waals surface area contributed by atoms with Crippen LogP contribution < -0.4 is 100 Å². The molecule has 0 aliphatic rings. The minimum absolute atomic E-state index is 0. The summed E-state index contributed by atoms with van der Waals surface area (Å²) in [6.07, 6.45) is 0. The number of carbonyl (C=O) groups excluding carboxylic acids is 4. The second kappa shape index (κ2) is 24.4. The van der Waals surface area contributed by atoms with Crippen molar-refractivity contribution >= 4 is 130 Å². The Balaban J connectivity index is 0.000000280. The molecule has 26 nitrogen and oxygen atoms in total. The van der Waals surface area contributed by atoms with Gasteiger partial charge in [-0.2, -0.15) is 33.7 Å². The van der Waals surface area contributed by atoms with E-state index in [2.05, 4.69) is 21.3 Å². The number of carbonyl (C=O) groups is 4. The molecule has 0 saturated heterocycles. The summed E-state index contributed by atoms with van der Waals surface area (Å²) in [5, 5.41) is 53.6. The quantitative estimate of drug-likeness (QED) is 0.0413. The fourth-order valence-corrected chi connectivity index (χ4v) is 9.40. The third kappa shape index (κ3) is 15.7. The van der Waals surface area contributed by atoms with E-state index in [0.29, 0.717) is 0 Å². The van der Waals surface area contributed by atoms with Crippen LogP contribution in [-0.4, -0.2) is 99.3 Å². The third-order valence-corrected chi connectivity index (χ3v) is 13.8. The Kier molecular flexibility index (Phi) is 19.4. The smallest absolute Gasteiger partial charge is 0.546 e. The number of carboxylic acid groups (broad SMARTS) is 2. The molecule has 0 bridgehead atoms. The van der Waals surface area contributed by atoms with Crippen LogP contribution in [-0.2, 0) is 50.1 Å². The van der Waals surface area contributed by atoms with Crippen LogP contribution in [0.4, 0.5) is 32.3 Å². The molecule has 32 heteroatoms. The summed E-state index contributed by atoms with van der Waals surface area (Å²) >= 11 is 0. The van der Waals surface area contributed by atoms with Gasteiger partial charge in [-0.25, -0.2) is 9.59 Å². The maximum absolute atomic E-state index is 12.6. The van der Waals surface area contributed by atoms with E-state index in [1.807, 2.05) is 0 Å². The number of urea groups is 2. The monoisotopic (exact) mass is 1170 g/mol. The van der Waals surface area contributed by atoms with Crippen LogP contribution in [0.15, 0.2) is 141 Å². The van der Waals surface area contributed by atoms with Gasteiger partial charge in [-0.05, 0) is 119 Å². The number of carboxylic acids is 2. The standard InChI is InChI=1S/2C23H18N2O11S2.2Na/c2*26-20-9-16(37(30,31)32)7-12-5-14(1-3-18(12)20)24-23(29)25-15-2-4-19-13(6-15)8-17(38(33,34)35)10-21(19)36-11-22(27)28;;/h2*1-10,26H,11H2,(H,27,28)(H2,24,25,29)(H,30,31,32)(H,33,34,35);;/q;;2*+1/p-2. The molecule has 0 saturated carbocycles. The summed E-state index contributed by atoms with van der Waals surface area (Å²) in [5.41, 5.74) is 0.768. The molecule has 8 rings (SSSR count). The third-order valence-electron chi connectivity index (χ3n) is 10.5. The normalized spacial score (nSPS) is 11.5. The number of anilines is 4. The molecule has 396 valence electrons. The second-order valence-electron chi connectivity index (χ2n) is 15.9. The zero-order chi connectivity index (χ0) is 55.7. The number of aromatic hydroxyl groups is 2. The van der Waals surface area contributed by atoms with Crippen LogP contribution in [0.25, 0.3) is 43.1 Å². The van der Waals surface area contributed by atoms with E-state index in [4.69, 9.17) is 9.47 Å². The van der Waals surface area contributed by atoms with Crippen LogP contribution in [0.3, 0.4) is 0 Å². The SMILES string of the molecule is O=C([O-])COc1cc(S(=O)(=O)O)cc2cc(NC(=O)Nc3ccc4c(O)cc(S(=O)(=O)O)cc4c3)ccc12.O=C([O-])COc1cc(S(=O)(=O)O)cc2cc(NC(=O)Nc3ccc4c(O)cc(S(=O)(=O)O)cc4c3)ccc12.[Na+].[Na+]. The molecule has 0 aliphatic carbocycles. The molecule has 10 N–H and O–H groups in total. The molecule has 8 aromatic carbocycles. The van der Waals surface area contributed by atoms with E-state index in [1.54, 1.807) is 0 Å². The Bertz CT molecular complexity index is 3960. The summed E-state index contributed by atoms with van der Waals surface area (Å²) in [6, 6.07) is 23.5. The van der Waals surface area contributed by atoms with Crippen molar-refractivity contribution in [1.82, 2.24) is 0 Å². The number of rotatable bonds is 14. The molecular formula is C46H34N4Na2O22S4. The summed E-state index contributed by atoms with van der Waals surface area (Å²) in [4.78, 5) is 44.5. The van der Waals surface area contributed by atoms with Crippen molar-refractivity contribution in [3.05, 3.63) is 121 Å². The van der Waals surface area contributed by atoms with Gasteiger partial charge in [0, 0.05) is 68.6 Å². The van der Waals surface area contributed by atoms with Crippen LogP contribution in [0.1, 0.15) is 0 Å². The van der Waals surface area contributed by atoms with Crippen molar-refractivity contribution in [2.45, 2.75) is 19.6 Å². The van der Waals surface area contributed by atoms with E-state index in [1.165, 1.54) is 72.8 Å². The Morgan fingerprint density at radius 1 is 0.385 bits per heavy atom. The number of benzene rings is 8. The fourth-order valence-electron chi connectivity index (χ4n) is 7.27. The first-order valence-corrected chi connectivity index (χ1v) is 26.6. The van der Waals surface area contributed by atoms with Crippen molar-refractivity contribution in [3.8, 4) is 23.0 Å². The summed E-state index contributed by atoms with van der Waals surface area (Å²) in [7, 11) is -18.5. The van der Waals surface area contributed by atoms with Gasteiger partial charge in [0.2, 0.25) is 0 Å². The number of hydrogen-bond acceptors (Lipinski definition) is 18. The predicted octanol–water partition coefficient (Wildman–Crippen LogP) is -2.06. The predicted molar refractivity (Wildman–Crippen MR) is 265 cm³/mol. The van der Waals surface area contributed by atoms with Crippen molar-refractivity contribution in [2.75, 3.05) is 34.5 Å². The summed E-state index contributed by atoms with van der Waals surface area (Å²) in [6.45, 7) is -1.75. The van der Waals surface area contributed by atoms with Gasteiger partial charge in [0.15, 0.2) is 0 Å². The zero-order valence-corrected chi connectivity index (χ0v) is 47.1. The molecular weight excluding hydrogens is 1130 g/mol. The van der Waals surface area contributed by atoms with Gasteiger partial charge in [0.1, 0.15) is 36.2 Å². The van der Waals surface area contributed by atoms with E-state index < -0.39 is 109 Å². The van der Waals surface area contributed by atoms with Crippen LogP contribution >= 0.6 is 0 Å². The average Bonchev–Trinajstić information content (AvgIpc) is 3.30. The molecule has 0 aromatic heterocycles. The second-order valence-corrected chi connectivity index (χ2v) is 21.5. The van der Waals surface area contributed by atoms with Gasteiger partial charge in [-0.15, -0.1) is 0 Å². The Morgan fingerprint density at radius 2 is 0.628 bits per heavy atom. The Labute approximate surface area is 484 Å². The molecule has 78 heavy (non-hydrogen) atoms. The van der Waals surface area contributed by atoms with Gasteiger partial charge >= 0.3 is 71.2 Å². The Morgan fingerprint density at radius 3 is 0.885 bits per heavy atom. The van der Waals surface area contributed by atoms with E-state index in [-0.39, 0.29) is 136 Å². The molecule has 0 unspecified atom stereocenters. The van der Waals surface area contributed by atoms with Gasteiger partial charge in [0.05, 0.1) is 31.5 Å². The molecule has 0 heterocycles. The average molecular weight is 1170 g/mol. The van der Waals surface area contributed by atoms with E-state index in [9.17, 15) is 91.5 Å². The maximum Gasteiger partial charge on any atom is 1.00 e. The van der Waals surface area contributed by atoms with Crippen LogP contribution in [0.5, 0.6) is 23.0 Å². The van der Waals surface area contributed by atoms with Crippen molar-refractivity contribution in [3.63, 3.8) is 0 Å². The fraction of sp³-hybridized carbons (Fsp3) is 0.0435. The molecule has 0 radical (unpaired) electrons. The van der Waals surface area contributed by atoms with Gasteiger partial charge in [0.25, 0.3) is 40.5 Å². The number of amides is 4. The zero-order valence-electron chi connectivity index (χ0n) is 39.8. The molecule has 0 atom stereocenters. The van der Waals surface area contributed by atoms with Crippen LogP contribution in [0, 0.1) is 0 Å². The molecule has 0 spiro atoms. The van der Waals surface area contributed by atoms with E-state index >= 15 is 0 Å². The molecule has 0 aliphatic heterocycles. The maximum atomic E-state index is 12.6. The molecule has 8 aromatic rings. The topological polar surface area (TPSA) is 439 Å². The summed E-state index contributed by atoms with van der Waals surface area (Å²) < 4.78 is 140. The summed E-state index contributed by atoms with van der Waals surface area (Å²) in [5.74, 6) is -4.20. The van der Waals surface area contributed by atoms with Gasteiger partial charge < -0.3 is 60.8 Å². The Hall–Kier alpha value is -6.88. The largest absolute Gasteiger partial charge is 1.00 e. The number of aliphatic carboxylic acids is 2. The number of fused-ring (bicyclic) bond motifs is 4. The van der Waals surface area contributed by atoms with Crippen molar-refractivity contribution < 1.29 is 160 Å². The first kappa shape index (κ1) is 62.0. The minimum atomic E-state index is -4.68. The number of nitrogens with one attached hydrogen (secondary N) is 4. The van der Waals surface area contributed by atoms with E-state index in [0.717, 1.165) is 48.5 Å². The first-order chi connectivity index (χ1) is 35.4. The van der Waals surface area contributed by atoms with Gasteiger partial charge in [-0.3, -0.25) is 18.2 Å². The van der Waals surface area contributed by atoms with Crippen molar-refractivity contribution in [1.29, 1.82) is 0 Å². The molecule has 0 fully saturated rings. The minimum Gasteiger partial charge on any atom is -0.546 e. The van der Waals surface area contributed by atoms with Crippen molar-refractivity contribution in [2.24, 2.45) is 0 Å². The molecule has 4 amide bonds. The number of phenolic OH excluding ortho intramolecular Hbond substituents is 2. The first-order valence-electron chi connectivity index (χ1n) is 20.8. The number of hydrogen-bond donors (Lipinski definition) is 10. The number of phenols is 2. The number of ether oxygens (including phenoxy) is 2. The van der Waals surface area contributed by atoms with Gasteiger partial charge in [-0.1, -0.05) is 0 Å². The van der Waals surface area contributed by atoms with Crippen LogP contribution in [0.2, 0.25) is 0 Å².